The van der Waals surface area contributed by atoms with E-state index in [0.717, 1.165) is 24.9 Å². The summed E-state index contributed by atoms with van der Waals surface area (Å²) in [7, 11) is 0. The topological polar surface area (TPSA) is 71.1 Å². The van der Waals surface area contributed by atoms with Crippen LogP contribution in [0.2, 0.25) is 0 Å². The lowest BCUT2D eigenvalue weighted by molar-refractivity contribution is -0.134. The van der Waals surface area contributed by atoms with Crippen molar-refractivity contribution in [3.8, 4) is 33.8 Å². The zero-order chi connectivity index (χ0) is 27.7. The van der Waals surface area contributed by atoms with E-state index in [2.05, 4.69) is 13.2 Å². The zero-order valence-corrected chi connectivity index (χ0v) is 20.7. The number of benzene rings is 3. The Hall–Kier alpha value is -4.98. The summed E-state index contributed by atoms with van der Waals surface area (Å²) < 4.78 is 49.8. The van der Waals surface area contributed by atoms with Gasteiger partial charge in [0.1, 0.15) is 48.2 Å². The van der Waals surface area contributed by atoms with E-state index in [0.29, 0.717) is 22.4 Å². The quantitative estimate of drug-likeness (QED) is 0.160. The number of halogens is 2. The number of hydrogen-bond acceptors (Lipinski definition) is 6. The number of ether oxygens (including phenoxy) is 4. The van der Waals surface area contributed by atoms with E-state index in [1.165, 1.54) is 38.3 Å². The molecule has 38 heavy (non-hydrogen) atoms. The summed E-state index contributed by atoms with van der Waals surface area (Å²) >= 11 is 0. The Labute approximate surface area is 218 Å². The SMILES string of the molecule is C=C(C)C(=O)O/C=C\Oc1ccc(-c2ccc(-c3ccc(O/C=C\OC(=O)C(=C)C)cc3F)cc2F)cc1. The van der Waals surface area contributed by atoms with Crippen molar-refractivity contribution in [3.05, 3.63) is 122 Å². The third-order valence-corrected chi connectivity index (χ3v) is 4.95. The first-order valence-corrected chi connectivity index (χ1v) is 11.2. The second-order valence-electron chi connectivity index (χ2n) is 8.01. The van der Waals surface area contributed by atoms with E-state index in [-0.39, 0.29) is 22.5 Å². The van der Waals surface area contributed by atoms with Gasteiger partial charge in [-0.05, 0) is 55.3 Å². The average molecular weight is 519 g/mol. The number of carbonyl (C=O) groups is 2. The van der Waals surface area contributed by atoms with Crippen LogP contribution in [-0.2, 0) is 19.1 Å². The highest BCUT2D eigenvalue weighted by Gasteiger charge is 2.12. The summed E-state index contributed by atoms with van der Waals surface area (Å²) in [6.45, 7) is 9.94. The molecule has 3 rings (SSSR count). The Morgan fingerprint density at radius 2 is 1.08 bits per heavy atom. The predicted octanol–water partition coefficient (Wildman–Crippen LogP) is 7.24. The Morgan fingerprint density at radius 1 is 0.632 bits per heavy atom. The van der Waals surface area contributed by atoms with E-state index in [1.807, 2.05) is 0 Å². The van der Waals surface area contributed by atoms with Crippen molar-refractivity contribution in [2.24, 2.45) is 0 Å². The van der Waals surface area contributed by atoms with Gasteiger partial charge in [-0.2, -0.15) is 0 Å². The molecule has 8 heteroatoms. The molecule has 0 fully saturated rings. The third kappa shape index (κ3) is 7.51. The van der Waals surface area contributed by atoms with E-state index in [4.69, 9.17) is 18.9 Å². The average Bonchev–Trinajstić information content (AvgIpc) is 2.89. The summed E-state index contributed by atoms with van der Waals surface area (Å²) in [5.41, 5.74) is 1.92. The molecule has 0 atom stereocenters. The predicted molar refractivity (Wildman–Crippen MR) is 139 cm³/mol. The van der Waals surface area contributed by atoms with Crippen LogP contribution < -0.4 is 9.47 Å². The van der Waals surface area contributed by atoms with Crippen LogP contribution in [0.1, 0.15) is 13.8 Å². The second kappa shape index (κ2) is 12.8. The molecule has 0 saturated heterocycles. The van der Waals surface area contributed by atoms with Gasteiger partial charge in [0, 0.05) is 28.3 Å². The molecular formula is C30H24F2O6. The lowest BCUT2D eigenvalue weighted by Gasteiger charge is -2.09. The Kier molecular flexibility index (Phi) is 9.31. The van der Waals surface area contributed by atoms with Crippen molar-refractivity contribution in [1.82, 2.24) is 0 Å². The van der Waals surface area contributed by atoms with E-state index in [1.54, 1.807) is 36.4 Å². The molecule has 0 heterocycles. The fourth-order valence-electron chi connectivity index (χ4n) is 3.03. The van der Waals surface area contributed by atoms with Gasteiger partial charge < -0.3 is 18.9 Å². The van der Waals surface area contributed by atoms with Gasteiger partial charge in [0.15, 0.2) is 0 Å². The summed E-state index contributed by atoms with van der Waals surface area (Å²) in [6.07, 6.45) is 4.41. The molecule has 0 saturated carbocycles. The van der Waals surface area contributed by atoms with Gasteiger partial charge in [-0.25, -0.2) is 18.4 Å². The molecule has 0 radical (unpaired) electrons. The minimum Gasteiger partial charge on any atom is -0.462 e. The molecule has 0 aromatic heterocycles. The molecule has 6 nitrogen and oxygen atoms in total. The first kappa shape index (κ1) is 27.6. The number of hydrogen-bond donors (Lipinski definition) is 0. The molecule has 0 amide bonds. The van der Waals surface area contributed by atoms with Crippen molar-refractivity contribution >= 4 is 11.9 Å². The largest absolute Gasteiger partial charge is 0.462 e. The smallest absolute Gasteiger partial charge is 0.338 e. The van der Waals surface area contributed by atoms with Crippen molar-refractivity contribution < 1.29 is 37.3 Å². The molecule has 0 unspecified atom stereocenters. The maximum absolute atomic E-state index is 14.9. The van der Waals surface area contributed by atoms with Gasteiger partial charge in [0.2, 0.25) is 0 Å². The van der Waals surface area contributed by atoms with E-state index >= 15 is 0 Å². The van der Waals surface area contributed by atoms with Crippen LogP contribution in [0.3, 0.4) is 0 Å². The van der Waals surface area contributed by atoms with Gasteiger partial charge in [-0.3, -0.25) is 0 Å². The summed E-state index contributed by atoms with van der Waals surface area (Å²) in [6, 6.07) is 15.1. The molecule has 0 aliphatic carbocycles. The van der Waals surface area contributed by atoms with Crippen LogP contribution >= 0.6 is 0 Å². The van der Waals surface area contributed by atoms with Gasteiger partial charge in [0.25, 0.3) is 0 Å². The standard InChI is InChI=1S/C30H24F2O6/c1-19(2)29(33)37-15-13-35-23-8-5-21(6-9-23)25-11-7-22(17-27(25)31)26-12-10-24(18-28(26)32)36-14-16-38-30(34)20(3)4/h5-18H,1,3H2,2,4H3/b15-13-,16-14-. The molecular weight excluding hydrogens is 494 g/mol. The Morgan fingerprint density at radius 3 is 1.61 bits per heavy atom. The van der Waals surface area contributed by atoms with E-state index < -0.39 is 23.6 Å². The highest BCUT2D eigenvalue weighted by atomic mass is 19.1. The lowest BCUT2D eigenvalue weighted by atomic mass is 9.99. The number of rotatable bonds is 10. The van der Waals surface area contributed by atoms with Crippen LogP contribution in [0.25, 0.3) is 22.3 Å². The van der Waals surface area contributed by atoms with Crippen LogP contribution in [0, 0.1) is 11.6 Å². The minimum absolute atomic E-state index is 0.164. The second-order valence-corrected chi connectivity index (χ2v) is 8.01. The summed E-state index contributed by atoms with van der Waals surface area (Å²) in [5, 5.41) is 0. The van der Waals surface area contributed by atoms with Gasteiger partial charge in [-0.15, -0.1) is 0 Å². The lowest BCUT2D eigenvalue weighted by Crippen LogP contribution is -1.99. The summed E-state index contributed by atoms with van der Waals surface area (Å²) in [4.78, 5) is 22.6. The van der Waals surface area contributed by atoms with Gasteiger partial charge >= 0.3 is 11.9 Å². The summed E-state index contributed by atoms with van der Waals surface area (Å²) in [5.74, 6) is -1.73. The highest BCUT2D eigenvalue weighted by molar-refractivity contribution is 5.87. The van der Waals surface area contributed by atoms with Gasteiger partial charge in [-0.1, -0.05) is 37.4 Å². The molecule has 0 aliphatic rings. The highest BCUT2D eigenvalue weighted by Crippen LogP contribution is 2.31. The Bertz CT molecular complexity index is 1420. The monoisotopic (exact) mass is 518 g/mol. The molecule has 0 N–H and O–H groups in total. The molecule has 0 aliphatic heterocycles. The zero-order valence-electron chi connectivity index (χ0n) is 20.7. The van der Waals surface area contributed by atoms with Crippen LogP contribution in [0.5, 0.6) is 11.5 Å². The Balaban J connectivity index is 1.66. The van der Waals surface area contributed by atoms with Crippen LogP contribution in [-0.4, -0.2) is 11.9 Å². The van der Waals surface area contributed by atoms with Crippen LogP contribution in [0.15, 0.2) is 110 Å². The molecule has 3 aromatic rings. The number of esters is 2. The first-order chi connectivity index (χ1) is 18.2. The minimum atomic E-state index is -0.620. The molecule has 0 bridgehead atoms. The maximum atomic E-state index is 14.9. The van der Waals surface area contributed by atoms with Crippen LogP contribution in [0.4, 0.5) is 8.78 Å². The fraction of sp³-hybridized carbons (Fsp3) is 0.0667. The third-order valence-electron chi connectivity index (χ3n) is 4.95. The van der Waals surface area contributed by atoms with Crippen molar-refractivity contribution in [2.75, 3.05) is 0 Å². The fourth-order valence-corrected chi connectivity index (χ4v) is 3.03. The van der Waals surface area contributed by atoms with Crippen molar-refractivity contribution in [1.29, 1.82) is 0 Å². The number of carbonyl (C=O) groups excluding carboxylic acids is 2. The molecule has 0 spiro atoms. The maximum Gasteiger partial charge on any atom is 0.338 e. The first-order valence-electron chi connectivity index (χ1n) is 11.2. The molecule has 3 aromatic carbocycles. The molecule has 194 valence electrons. The van der Waals surface area contributed by atoms with Crippen molar-refractivity contribution in [2.45, 2.75) is 13.8 Å². The normalized spacial score (nSPS) is 10.8. The van der Waals surface area contributed by atoms with Crippen molar-refractivity contribution in [3.63, 3.8) is 0 Å². The van der Waals surface area contributed by atoms with Gasteiger partial charge in [0.05, 0.1) is 0 Å². The van der Waals surface area contributed by atoms with E-state index in [9.17, 15) is 18.4 Å².